The summed E-state index contributed by atoms with van der Waals surface area (Å²) in [5.74, 6) is 6.31. The molecule has 3 N–H and O–H groups in total. The van der Waals surface area contributed by atoms with E-state index in [1.165, 1.54) is 0 Å². The van der Waals surface area contributed by atoms with Gasteiger partial charge in [0.05, 0.1) is 6.61 Å². The van der Waals surface area contributed by atoms with E-state index >= 15 is 0 Å². The number of anilines is 2. The van der Waals surface area contributed by atoms with Crippen LogP contribution in [0.4, 0.5) is 11.9 Å². The first-order valence-corrected chi connectivity index (χ1v) is 6.44. The zero-order chi connectivity index (χ0) is 13.7. The van der Waals surface area contributed by atoms with Crippen LogP contribution in [0.25, 0.3) is 0 Å². The minimum Gasteiger partial charge on any atom is -0.463 e. The van der Waals surface area contributed by atoms with Crippen LogP contribution >= 0.6 is 0 Å². The molecule has 0 unspecified atom stereocenters. The molecule has 2 rings (SSSR count). The van der Waals surface area contributed by atoms with E-state index in [1.807, 2.05) is 6.92 Å². The third kappa shape index (κ3) is 3.78. The van der Waals surface area contributed by atoms with Gasteiger partial charge in [-0.2, -0.15) is 15.0 Å². The van der Waals surface area contributed by atoms with E-state index in [9.17, 15) is 0 Å². The minimum atomic E-state index is 0.297. The zero-order valence-corrected chi connectivity index (χ0v) is 11.2. The fourth-order valence-electron chi connectivity index (χ4n) is 1.85. The average molecular weight is 264 g/mol. The number of aromatic nitrogens is 3. The number of hydrogen-bond acceptors (Lipinski definition) is 7. The van der Waals surface area contributed by atoms with E-state index in [2.05, 4.69) is 31.9 Å². The Morgan fingerprint density at radius 2 is 2.11 bits per heavy atom. The number of ether oxygens (including phenoxy) is 1. The number of nitrogens with zero attached hydrogens (tertiary/aromatic N) is 4. The third-order valence-corrected chi connectivity index (χ3v) is 2.88. The Labute approximate surface area is 112 Å². The van der Waals surface area contributed by atoms with Crippen molar-refractivity contribution in [2.24, 2.45) is 5.84 Å². The first-order chi connectivity index (χ1) is 9.19. The largest absolute Gasteiger partial charge is 0.463 e. The molecule has 0 atom stereocenters. The fraction of sp³-hybridized carbons (Fsp3) is 0.583. The van der Waals surface area contributed by atoms with Gasteiger partial charge in [0.15, 0.2) is 0 Å². The van der Waals surface area contributed by atoms with Crippen LogP contribution in [0.15, 0.2) is 12.2 Å². The predicted octanol–water partition coefficient (Wildman–Crippen LogP) is 1.10. The SMILES string of the molecule is C=C(C)CCOc1nc(NN)nc(N2CCCC2)n1. The molecule has 1 aliphatic rings. The van der Waals surface area contributed by atoms with Crippen LogP contribution in [0.5, 0.6) is 6.01 Å². The van der Waals surface area contributed by atoms with Crippen molar-refractivity contribution in [1.29, 1.82) is 0 Å². The lowest BCUT2D eigenvalue weighted by atomic mass is 10.3. The fourth-order valence-corrected chi connectivity index (χ4v) is 1.85. The summed E-state index contributed by atoms with van der Waals surface area (Å²) in [6.45, 7) is 8.20. The van der Waals surface area contributed by atoms with Crippen molar-refractivity contribution in [3.63, 3.8) is 0 Å². The van der Waals surface area contributed by atoms with Crippen molar-refractivity contribution in [2.75, 3.05) is 30.0 Å². The van der Waals surface area contributed by atoms with Crippen LogP contribution in [-0.2, 0) is 0 Å². The molecule has 1 fully saturated rings. The summed E-state index contributed by atoms with van der Waals surface area (Å²) < 4.78 is 5.51. The van der Waals surface area contributed by atoms with Gasteiger partial charge in [0.25, 0.3) is 0 Å². The van der Waals surface area contributed by atoms with Crippen molar-refractivity contribution < 1.29 is 4.74 Å². The van der Waals surface area contributed by atoms with Gasteiger partial charge in [-0.3, -0.25) is 5.43 Å². The van der Waals surface area contributed by atoms with E-state index in [4.69, 9.17) is 10.6 Å². The molecule has 19 heavy (non-hydrogen) atoms. The van der Waals surface area contributed by atoms with Crippen LogP contribution in [0, 0.1) is 0 Å². The van der Waals surface area contributed by atoms with Gasteiger partial charge in [0.2, 0.25) is 11.9 Å². The van der Waals surface area contributed by atoms with Gasteiger partial charge < -0.3 is 9.64 Å². The lowest BCUT2D eigenvalue weighted by Gasteiger charge is -2.16. The molecule has 2 heterocycles. The highest BCUT2D eigenvalue weighted by molar-refractivity contribution is 5.38. The highest BCUT2D eigenvalue weighted by Crippen LogP contribution is 2.19. The molecular weight excluding hydrogens is 244 g/mol. The molecule has 0 aromatic carbocycles. The van der Waals surface area contributed by atoms with Crippen LogP contribution in [0.2, 0.25) is 0 Å². The molecule has 0 radical (unpaired) electrons. The first-order valence-electron chi connectivity index (χ1n) is 6.44. The molecule has 1 aromatic heterocycles. The smallest absolute Gasteiger partial charge is 0.323 e. The average Bonchev–Trinajstić information content (AvgIpc) is 2.92. The van der Waals surface area contributed by atoms with Gasteiger partial charge in [-0.05, 0) is 19.8 Å². The number of rotatable bonds is 6. The van der Waals surface area contributed by atoms with E-state index in [1.54, 1.807) is 0 Å². The number of nitrogens with one attached hydrogen (secondary N) is 1. The number of hydrogen-bond donors (Lipinski definition) is 2. The Bertz CT molecular complexity index is 444. The predicted molar refractivity (Wildman–Crippen MR) is 74.0 cm³/mol. The van der Waals surface area contributed by atoms with E-state index in [-0.39, 0.29) is 0 Å². The highest BCUT2D eigenvalue weighted by atomic mass is 16.5. The second-order valence-corrected chi connectivity index (χ2v) is 4.64. The monoisotopic (exact) mass is 264 g/mol. The Balaban J connectivity index is 2.08. The molecule has 7 heteroatoms. The molecule has 104 valence electrons. The van der Waals surface area contributed by atoms with Gasteiger partial charge in [-0.15, -0.1) is 6.58 Å². The summed E-state index contributed by atoms with van der Waals surface area (Å²) in [5.41, 5.74) is 3.51. The van der Waals surface area contributed by atoms with Crippen LogP contribution in [0.1, 0.15) is 26.2 Å². The van der Waals surface area contributed by atoms with E-state index in [0.717, 1.165) is 37.9 Å². The van der Waals surface area contributed by atoms with Crippen LogP contribution in [0.3, 0.4) is 0 Å². The molecule has 0 aliphatic carbocycles. The molecule has 0 spiro atoms. The van der Waals surface area contributed by atoms with Gasteiger partial charge >= 0.3 is 6.01 Å². The van der Waals surface area contributed by atoms with Crippen molar-refractivity contribution >= 4 is 11.9 Å². The van der Waals surface area contributed by atoms with Crippen molar-refractivity contribution in [3.8, 4) is 6.01 Å². The minimum absolute atomic E-state index is 0.297. The third-order valence-electron chi connectivity index (χ3n) is 2.88. The van der Waals surface area contributed by atoms with Gasteiger partial charge in [-0.25, -0.2) is 5.84 Å². The second-order valence-electron chi connectivity index (χ2n) is 4.64. The Kier molecular flexibility index (Phi) is 4.51. The Morgan fingerprint density at radius 1 is 1.37 bits per heavy atom. The van der Waals surface area contributed by atoms with Gasteiger partial charge in [0, 0.05) is 19.5 Å². The standard InChI is InChI=1S/C12H20N6O/c1-9(2)5-8-19-12-15-10(17-13)14-11(16-12)18-6-3-4-7-18/h1,3-8,13H2,2H3,(H,14,15,16,17). The van der Waals surface area contributed by atoms with E-state index < -0.39 is 0 Å². The summed E-state index contributed by atoms with van der Waals surface area (Å²) in [6.07, 6.45) is 3.09. The lowest BCUT2D eigenvalue weighted by molar-refractivity contribution is 0.295. The molecule has 0 saturated carbocycles. The summed E-state index contributed by atoms with van der Waals surface area (Å²) in [4.78, 5) is 14.8. The highest BCUT2D eigenvalue weighted by Gasteiger charge is 2.17. The summed E-state index contributed by atoms with van der Waals surface area (Å²) >= 11 is 0. The van der Waals surface area contributed by atoms with Crippen LogP contribution in [-0.4, -0.2) is 34.6 Å². The molecule has 0 bridgehead atoms. The number of hydrazine groups is 1. The maximum atomic E-state index is 5.51. The number of nitrogen functional groups attached to an aromatic ring is 1. The summed E-state index contributed by atoms with van der Waals surface area (Å²) in [5, 5.41) is 0. The molecular formula is C12H20N6O. The molecule has 0 amide bonds. The zero-order valence-electron chi connectivity index (χ0n) is 11.2. The molecule has 1 aromatic rings. The normalized spacial score (nSPS) is 14.5. The van der Waals surface area contributed by atoms with Gasteiger partial charge in [-0.1, -0.05) is 5.57 Å². The van der Waals surface area contributed by atoms with E-state index in [0.29, 0.717) is 24.5 Å². The first kappa shape index (κ1) is 13.5. The summed E-state index contributed by atoms with van der Waals surface area (Å²) in [6, 6.07) is 0.297. The number of nitrogens with two attached hydrogens (primary N) is 1. The topological polar surface area (TPSA) is 89.2 Å². The molecule has 1 aliphatic heterocycles. The second kappa shape index (κ2) is 6.33. The van der Waals surface area contributed by atoms with Crippen molar-refractivity contribution in [3.05, 3.63) is 12.2 Å². The Morgan fingerprint density at radius 3 is 2.74 bits per heavy atom. The molecule has 7 nitrogen and oxygen atoms in total. The van der Waals surface area contributed by atoms with Crippen molar-refractivity contribution in [2.45, 2.75) is 26.2 Å². The maximum absolute atomic E-state index is 5.51. The summed E-state index contributed by atoms with van der Waals surface area (Å²) in [7, 11) is 0. The van der Waals surface area contributed by atoms with Crippen molar-refractivity contribution in [1.82, 2.24) is 15.0 Å². The molecule has 1 saturated heterocycles. The van der Waals surface area contributed by atoms with Gasteiger partial charge in [0.1, 0.15) is 0 Å². The van der Waals surface area contributed by atoms with Crippen LogP contribution < -0.4 is 20.9 Å². The quantitative estimate of drug-likeness (QED) is 0.452. The maximum Gasteiger partial charge on any atom is 0.323 e. The lowest BCUT2D eigenvalue weighted by Crippen LogP contribution is -2.23. The Hall–Kier alpha value is -1.89.